The first kappa shape index (κ1) is 18.1. The molecule has 0 aliphatic heterocycles. The second kappa shape index (κ2) is 8.09. The van der Waals surface area contributed by atoms with E-state index in [0.717, 1.165) is 12.8 Å². The standard InChI is InChI=1S/C18H19N3O4S/c22-15(21-18-19-8-9-26-18)11-4-3-5-12(10-11)20-16(23)13-6-1-2-7-14(13)17(24)25/h3-5,8-10,13-14H,1-2,6-7H2,(H,20,23)(H,24,25)(H,19,21,22)/t13-,14-/m1/s1. The molecule has 0 bridgehead atoms. The number of hydrogen-bond acceptors (Lipinski definition) is 5. The highest BCUT2D eigenvalue weighted by Crippen LogP contribution is 2.31. The maximum absolute atomic E-state index is 12.5. The van der Waals surface area contributed by atoms with Gasteiger partial charge >= 0.3 is 5.97 Å². The SMILES string of the molecule is O=C(Nc1nccs1)c1cccc(NC(=O)[C@@H]2CCCC[C@H]2C(=O)O)c1. The Hall–Kier alpha value is -2.74. The number of carboxylic acids is 1. The lowest BCUT2D eigenvalue weighted by molar-refractivity contribution is -0.147. The fourth-order valence-corrected chi connectivity index (χ4v) is 3.69. The summed E-state index contributed by atoms with van der Waals surface area (Å²) in [5, 5.41) is 17.0. The van der Waals surface area contributed by atoms with Crippen LogP contribution in [0.4, 0.5) is 10.8 Å². The average molecular weight is 373 g/mol. The third kappa shape index (κ3) is 4.26. The first-order valence-electron chi connectivity index (χ1n) is 8.39. The highest BCUT2D eigenvalue weighted by Gasteiger charge is 2.35. The Balaban J connectivity index is 1.68. The van der Waals surface area contributed by atoms with E-state index in [4.69, 9.17) is 0 Å². The minimum Gasteiger partial charge on any atom is -0.481 e. The van der Waals surface area contributed by atoms with Gasteiger partial charge in [-0.3, -0.25) is 19.7 Å². The van der Waals surface area contributed by atoms with Crippen molar-refractivity contribution in [3.8, 4) is 0 Å². The summed E-state index contributed by atoms with van der Waals surface area (Å²) >= 11 is 1.31. The van der Waals surface area contributed by atoms with E-state index in [1.54, 1.807) is 35.8 Å². The van der Waals surface area contributed by atoms with Gasteiger partial charge in [-0.05, 0) is 31.0 Å². The minimum atomic E-state index is -0.929. The molecule has 8 heteroatoms. The van der Waals surface area contributed by atoms with Crippen molar-refractivity contribution in [2.75, 3.05) is 10.6 Å². The van der Waals surface area contributed by atoms with Crippen molar-refractivity contribution in [2.45, 2.75) is 25.7 Å². The summed E-state index contributed by atoms with van der Waals surface area (Å²) in [5.74, 6) is -2.76. The quantitative estimate of drug-likeness (QED) is 0.746. The van der Waals surface area contributed by atoms with Crippen LogP contribution >= 0.6 is 11.3 Å². The van der Waals surface area contributed by atoms with Crippen molar-refractivity contribution in [1.82, 2.24) is 4.98 Å². The molecule has 1 aromatic heterocycles. The van der Waals surface area contributed by atoms with Crippen LogP contribution in [0.15, 0.2) is 35.8 Å². The van der Waals surface area contributed by atoms with Gasteiger partial charge in [-0.2, -0.15) is 0 Å². The van der Waals surface area contributed by atoms with Crippen molar-refractivity contribution >= 4 is 39.9 Å². The summed E-state index contributed by atoms with van der Waals surface area (Å²) in [6.45, 7) is 0. The number of nitrogens with zero attached hydrogens (tertiary/aromatic N) is 1. The fraction of sp³-hybridized carbons (Fsp3) is 0.333. The van der Waals surface area contributed by atoms with Crippen LogP contribution in [-0.2, 0) is 9.59 Å². The van der Waals surface area contributed by atoms with Crippen molar-refractivity contribution < 1.29 is 19.5 Å². The third-order valence-corrected chi connectivity index (χ3v) is 5.15. The van der Waals surface area contributed by atoms with Crippen LogP contribution < -0.4 is 10.6 Å². The first-order chi connectivity index (χ1) is 12.5. The van der Waals surface area contributed by atoms with Gasteiger partial charge in [0.15, 0.2) is 5.13 Å². The van der Waals surface area contributed by atoms with Gasteiger partial charge in [0.05, 0.1) is 11.8 Å². The molecule has 3 N–H and O–H groups in total. The van der Waals surface area contributed by atoms with Gasteiger partial charge < -0.3 is 10.4 Å². The van der Waals surface area contributed by atoms with Gasteiger partial charge in [0.2, 0.25) is 5.91 Å². The maximum atomic E-state index is 12.5. The topological polar surface area (TPSA) is 108 Å². The van der Waals surface area contributed by atoms with Gasteiger partial charge in [0, 0.05) is 22.8 Å². The number of carbonyl (C=O) groups is 3. The molecule has 2 atom stereocenters. The zero-order valence-electron chi connectivity index (χ0n) is 14.0. The summed E-state index contributed by atoms with van der Waals surface area (Å²) in [5.41, 5.74) is 0.855. The molecule has 1 fully saturated rings. The van der Waals surface area contributed by atoms with E-state index >= 15 is 0 Å². The monoisotopic (exact) mass is 373 g/mol. The first-order valence-corrected chi connectivity index (χ1v) is 9.27. The zero-order valence-corrected chi connectivity index (χ0v) is 14.8. The average Bonchev–Trinajstić information content (AvgIpc) is 3.15. The number of amides is 2. The van der Waals surface area contributed by atoms with Crippen LogP contribution in [-0.4, -0.2) is 27.9 Å². The molecule has 1 aliphatic carbocycles. The Morgan fingerprint density at radius 2 is 1.88 bits per heavy atom. The van der Waals surface area contributed by atoms with E-state index < -0.39 is 17.8 Å². The lowest BCUT2D eigenvalue weighted by atomic mass is 9.78. The van der Waals surface area contributed by atoms with E-state index in [1.807, 2.05) is 0 Å². The number of nitrogens with one attached hydrogen (secondary N) is 2. The number of rotatable bonds is 5. The lowest BCUT2D eigenvalue weighted by Gasteiger charge is -2.27. The van der Waals surface area contributed by atoms with Crippen molar-refractivity contribution in [3.63, 3.8) is 0 Å². The molecular formula is C18H19N3O4S. The Morgan fingerprint density at radius 3 is 2.58 bits per heavy atom. The number of carbonyl (C=O) groups excluding carboxylic acids is 2. The van der Waals surface area contributed by atoms with E-state index in [0.29, 0.717) is 29.2 Å². The summed E-state index contributed by atoms with van der Waals surface area (Å²) in [6, 6.07) is 6.55. The summed E-state index contributed by atoms with van der Waals surface area (Å²) in [7, 11) is 0. The smallest absolute Gasteiger partial charge is 0.307 e. The van der Waals surface area contributed by atoms with Gasteiger partial charge in [0.1, 0.15) is 0 Å². The number of anilines is 2. The molecule has 26 heavy (non-hydrogen) atoms. The molecule has 7 nitrogen and oxygen atoms in total. The molecule has 136 valence electrons. The number of aromatic nitrogens is 1. The molecule has 0 unspecified atom stereocenters. The molecule has 0 radical (unpaired) electrons. The summed E-state index contributed by atoms with van der Waals surface area (Å²) in [4.78, 5) is 40.2. The molecule has 1 heterocycles. The number of thiazole rings is 1. The number of aliphatic carboxylic acids is 1. The van der Waals surface area contributed by atoms with Crippen LogP contribution in [0.2, 0.25) is 0 Å². The highest BCUT2D eigenvalue weighted by atomic mass is 32.1. The maximum Gasteiger partial charge on any atom is 0.307 e. The minimum absolute atomic E-state index is 0.311. The van der Waals surface area contributed by atoms with Gasteiger partial charge in [-0.1, -0.05) is 18.9 Å². The van der Waals surface area contributed by atoms with E-state index in [1.165, 1.54) is 11.3 Å². The summed E-state index contributed by atoms with van der Waals surface area (Å²) in [6.07, 6.45) is 4.35. The lowest BCUT2D eigenvalue weighted by Crippen LogP contribution is -2.36. The number of hydrogen-bond donors (Lipinski definition) is 3. The largest absolute Gasteiger partial charge is 0.481 e. The molecule has 1 aliphatic rings. The highest BCUT2D eigenvalue weighted by molar-refractivity contribution is 7.13. The molecule has 0 spiro atoms. The van der Waals surface area contributed by atoms with Gasteiger partial charge in [0.25, 0.3) is 5.91 Å². The van der Waals surface area contributed by atoms with Crippen LogP contribution in [0, 0.1) is 11.8 Å². The zero-order chi connectivity index (χ0) is 18.5. The molecular weight excluding hydrogens is 354 g/mol. The van der Waals surface area contributed by atoms with E-state index in [9.17, 15) is 19.5 Å². The van der Waals surface area contributed by atoms with Crippen molar-refractivity contribution in [1.29, 1.82) is 0 Å². The Bertz CT molecular complexity index is 807. The second-order valence-electron chi connectivity index (χ2n) is 6.20. The Labute approximate surface area is 154 Å². The van der Waals surface area contributed by atoms with Crippen LogP contribution in [0.5, 0.6) is 0 Å². The van der Waals surface area contributed by atoms with Gasteiger partial charge in [-0.15, -0.1) is 11.3 Å². The van der Waals surface area contributed by atoms with Crippen LogP contribution in [0.3, 0.4) is 0 Å². The molecule has 1 aromatic carbocycles. The van der Waals surface area contributed by atoms with E-state index in [-0.39, 0.29) is 11.8 Å². The summed E-state index contributed by atoms with van der Waals surface area (Å²) < 4.78 is 0. The Kier molecular flexibility index (Phi) is 5.62. The fourth-order valence-electron chi connectivity index (χ4n) is 3.17. The van der Waals surface area contributed by atoms with Crippen molar-refractivity contribution in [3.05, 3.63) is 41.4 Å². The van der Waals surface area contributed by atoms with Crippen molar-refractivity contribution in [2.24, 2.45) is 11.8 Å². The molecule has 3 rings (SSSR count). The normalized spacial score (nSPS) is 19.5. The molecule has 2 aromatic rings. The third-order valence-electron chi connectivity index (χ3n) is 4.47. The Morgan fingerprint density at radius 1 is 1.12 bits per heavy atom. The van der Waals surface area contributed by atoms with E-state index in [2.05, 4.69) is 15.6 Å². The molecule has 1 saturated carbocycles. The van der Waals surface area contributed by atoms with Crippen LogP contribution in [0.25, 0.3) is 0 Å². The number of benzene rings is 1. The predicted octanol–water partition coefficient (Wildman–Crippen LogP) is 3.22. The number of carboxylic acid groups (broad SMARTS) is 1. The second-order valence-corrected chi connectivity index (χ2v) is 7.09. The molecule has 2 amide bonds. The van der Waals surface area contributed by atoms with Gasteiger partial charge in [-0.25, -0.2) is 4.98 Å². The van der Waals surface area contributed by atoms with Crippen LogP contribution in [0.1, 0.15) is 36.0 Å². The molecule has 0 saturated heterocycles. The predicted molar refractivity (Wildman–Crippen MR) is 98.2 cm³/mol.